The van der Waals surface area contributed by atoms with E-state index in [2.05, 4.69) is 53.1 Å². The fourth-order valence-corrected chi connectivity index (χ4v) is 3.34. The van der Waals surface area contributed by atoms with Crippen molar-refractivity contribution in [3.8, 4) is 11.5 Å². The molecule has 0 saturated carbocycles. The first kappa shape index (κ1) is 15.3. The van der Waals surface area contributed by atoms with Gasteiger partial charge in [-0.15, -0.1) is 0 Å². The molecule has 0 unspecified atom stereocenters. The number of nitrogens with zero attached hydrogens (tertiary/aromatic N) is 2. The molecule has 2 aliphatic heterocycles. The van der Waals surface area contributed by atoms with Gasteiger partial charge in [0.1, 0.15) is 13.2 Å². The summed E-state index contributed by atoms with van der Waals surface area (Å²) in [6.07, 6.45) is 0. The molecule has 126 valence electrons. The highest BCUT2D eigenvalue weighted by Crippen LogP contribution is 2.34. The Kier molecular flexibility index (Phi) is 4.30. The molecule has 0 N–H and O–H groups in total. The van der Waals surface area contributed by atoms with E-state index in [0.29, 0.717) is 13.2 Å². The molecule has 2 aromatic rings. The average molecular weight is 324 g/mol. The first-order valence-corrected chi connectivity index (χ1v) is 8.70. The number of ether oxygens (including phenoxy) is 2. The van der Waals surface area contributed by atoms with Gasteiger partial charge >= 0.3 is 0 Å². The van der Waals surface area contributed by atoms with Gasteiger partial charge in [-0.25, -0.2) is 0 Å². The predicted molar refractivity (Wildman–Crippen MR) is 96.1 cm³/mol. The number of hydrogen-bond acceptors (Lipinski definition) is 4. The van der Waals surface area contributed by atoms with Crippen LogP contribution in [-0.2, 0) is 6.54 Å². The highest BCUT2D eigenvalue weighted by molar-refractivity contribution is 5.57. The van der Waals surface area contributed by atoms with Crippen LogP contribution in [0.5, 0.6) is 11.5 Å². The van der Waals surface area contributed by atoms with Crippen LogP contribution in [-0.4, -0.2) is 44.3 Å². The number of fused-ring (bicyclic) bond motifs is 1. The smallest absolute Gasteiger partial charge is 0.163 e. The summed E-state index contributed by atoms with van der Waals surface area (Å²) in [5, 5.41) is 0. The SMILES string of the molecule is Cc1ccc(CN2CCN(c3ccc4c(c3)OCCO4)CC2)cc1. The van der Waals surface area contributed by atoms with Crippen LogP contribution in [0.25, 0.3) is 0 Å². The van der Waals surface area contributed by atoms with Gasteiger partial charge in [-0.2, -0.15) is 0 Å². The number of rotatable bonds is 3. The van der Waals surface area contributed by atoms with Crippen LogP contribution >= 0.6 is 0 Å². The number of aryl methyl sites for hydroxylation is 1. The van der Waals surface area contributed by atoms with Crippen LogP contribution in [0, 0.1) is 6.92 Å². The molecular formula is C20H24N2O2. The summed E-state index contributed by atoms with van der Waals surface area (Å²) in [4.78, 5) is 4.96. The second-order valence-electron chi connectivity index (χ2n) is 6.58. The van der Waals surface area contributed by atoms with Gasteiger partial charge in [0.15, 0.2) is 11.5 Å². The Morgan fingerprint density at radius 2 is 1.54 bits per heavy atom. The Hall–Kier alpha value is -2.20. The quantitative estimate of drug-likeness (QED) is 0.866. The van der Waals surface area contributed by atoms with Crippen LogP contribution in [0.3, 0.4) is 0 Å². The van der Waals surface area contributed by atoms with Crippen molar-refractivity contribution >= 4 is 5.69 Å². The van der Waals surface area contributed by atoms with Gasteiger partial charge in [0.2, 0.25) is 0 Å². The summed E-state index contributed by atoms with van der Waals surface area (Å²) in [6.45, 7) is 8.72. The Morgan fingerprint density at radius 3 is 2.29 bits per heavy atom. The zero-order chi connectivity index (χ0) is 16.4. The van der Waals surface area contributed by atoms with Gasteiger partial charge in [-0.1, -0.05) is 29.8 Å². The van der Waals surface area contributed by atoms with Crippen molar-refractivity contribution in [2.45, 2.75) is 13.5 Å². The molecule has 4 heteroatoms. The lowest BCUT2D eigenvalue weighted by Crippen LogP contribution is -2.46. The van der Waals surface area contributed by atoms with E-state index in [1.165, 1.54) is 16.8 Å². The van der Waals surface area contributed by atoms with E-state index in [1.807, 2.05) is 6.07 Å². The second kappa shape index (κ2) is 6.73. The summed E-state index contributed by atoms with van der Waals surface area (Å²) < 4.78 is 11.3. The average Bonchev–Trinajstić information content (AvgIpc) is 2.64. The van der Waals surface area contributed by atoms with Crippen molar-refractivity contribution in [2.24, 2.45) is 0 Å². The molecule has 4 rings (SSSR count). The first-order valence-electron chi connectivity index (χ1n) is 8.70. The van der Waals surface area contributed by atoms with Crippen LogP contribution in [0.4, 0.5) is 5.69 Å². The third kappa shape index (κ3) is 3.34. The third-order valence-electron chi connectivity index (χ3n) is 4.79. The maximum atomic E-state index is 5.70. The van der Waals surface area contributed by atoms with Crippen molar-refractivity contribution in [1.82, 2.24) is 4.90 Å². The molecule has 0 spiro atoms. The monoisotopic (exact) mass is 324 g/mol. The third-order valence-corrected chi connectivity index (χ3v) is 4.79. The van der Waals surface area contributed by atoms with E-state index >= 15 is 0 Å². The van der Waals surface area contributed by atoms with Crippen LogP contribution in [0.1, 0.15) is 11.1 Å². The molecule has 1 saturated heterocycles. The first-order chi connectivity index (χ1) is 11.8. The number of hydrogen-bond donors (Lipinski definition) is 0. The fraction of sp³-hybridized carbons (Fsp3) is 0.400. The summed E-state index contributed by atoms with van der Waals surface area (Å²) in [5.74, 6) is 1.74. The summed E-state index contributed by atoms with van der Waals surface area (Å²) in [5.41, 5.74) is 3.95. The molecule has 0 amide bonds. The van der Waals surface area contributed by atoms with E-state index in [-0.39, 0.29) is 0 Å². The molecule has 0 radical (unpaired) electrons. The van der Waals surface area contributed by atoms with Crippen molar-refractivity contribution in [3.05, 3.63) is 53.6 Å². The number of piperazine rings is 1. The van der Waals surface area contributed by atoms with Crippen molar-refractivity contribution in [2.75, 3.05) is 44.3 Å². The molecule has 0 atom stereocenters. The standard InChI is InChI=1S/C20H24N2O2/c1-16-2-4-17(5-3-16)15-21-8-10-22(11-9-21)18-6-7-19-20(14-18)24-13-12-23-19/h2-7,14H,8-13,15H2,1H3. The zero-order valence-corrected chi connectivity index (χ0v) is 14.2. The molecule has 2 heterocycles. The Labute approximate surface area is 143 Å². The van der Waals surface area contributed by atoms with Gasteiger partial charge in [0.05, 0.1) is 0 Å². The van der Waals surface area contributed by atoms with Crippen molar-refractivity contribution in [1.29, 1.82) is 0 Å². The zero-order valence-electron chi connectivity index (χ0n) is 14.2. The van der Waals surface area contributed by atoms with Gasteiger partial charge in [-0.05, 0) is 24.6 Å². The van der Waals surface area contributed by atoms with Gasteiger partial charge in [0.25, 0.3) is 0 Å². The van der Waals surface area contributed by atoms with E-state index < -0.39 is 0 Å². The maximum Gasteiger partial charge on any atom is 0.163 e. The topological polar surface area (TPSA) is 24.9 Å². The minimum atomic E-state index is 0.640. The molecule has 2 aromatic carbocycles. The normalized spacial score (nSPS) is 17.8. The Balaban J connectivity index is 1.36. The van der Waals surface area contributed by atoms with E-state index in [1.54, 1.807) is 0 Å². The molecule has 0 bridgehead atoms. The minimum absolute atomic E-state index is 0.640. The number of benzene rings is 2. The summed E-state index contributed by atoms with van der Waals surface area (Å²) in [6, 6.07) is 15.2. The fourth-order valence-electron chi connectivity index (χ4n) is 3.34. The summed E-state index contributed by atoms with van der Waals surface area (Å²) >= 11 is 0. The van der Waals surface area contributed by atoms with Crippen molar-refractivity contribution in [3.63, 3.8) is 0 Å². The largest absolute Gasteiger partial charge is 0.486 e. The summed E-state index contributed by atoms with van der Waals surface area (Å²) in [7, 11) is 0. The van der Waals surface area contributed by atoms with E-state index in [9.17, 15) is 0 Å². The molecular weight excluding hydrogens is 300 g/mol. The van der Waals surface area contributed by atoms with Crippen molar-refractivity contribution < 1.29 is 9.47 Å². The minimum Gasteiger partial charge on any atom is -0.486 e. The lowest BCUT2D eigenvalue weighted by molar-refractivity contribution is 0.171. The molecule has 2 aliphatic rings. The molecule has 24 heavy (non-hydrogen) atoms. The maximum absolute atomic E-state index is 5.70. The lowest BCUT2D eigenvalue weighted by atomic mass is 10.1. The van der Waals surface area contributed by atoms with Crippen LogP contribution in [0.15, 0.2) is 42.5 Å². The van der Waals surface area contributed by atoms with Gasteiger partial charge in [0, 0.05) is 44.5 Å². The van der Waals surface area contributed by atoms with Crippen LogP contribution < -0.4 is 14.4 Å². The number of anilines is 1. The van der Waals surface area contributed by atoms with E-state index in [0.717, 1.165) is 44.2 Å². The lowest BCUT2D eigenvalue weighted by Gasteiger charge is -2.36. The highest BCUT2D eigenvalue weighted by atomic mass is 16.6. The molecule has 1 fully saturated rings. The second-order valence-corrected chi connectivity index (χ2v) is 6.58. The Morgan fingerprint density at radius 1 is 0.833 bits per heavy atom. The van der Waals surface area contributed by atoms with Crippen LogP contribution in [0.2, 0.25) is 0 Å². The van der Waals surface area contributed by atoms with E-state index in [4.69, 9.17) is 9.47 Å². The van der Waals surface area contributed by atoms with Gasteiger partial charge < -0.3 is 14.4 Å². The molecule has 0 aliphatic carbocycles. The Bertz CT molecular complexity index is 691. The molecule has 4 nitrogen and oxygen atoms in total. The predicted octanol–water partition coefficient (Wildman–Crippen LogP) is 3.09. The molecule has 0 aromatic heterocycles. The highest BCUT2D eigenvalue weighted by Gasteiger charge is 2.19. The van der Waals surface area contributed by atoms with Gasteiger partial charge in [-0.3, -0.25) is 4.90 Å².